The number of rotatable bonds is 7. The van der Waals surface area contributed by atoms with E-state index in [1.807, 2.05) is 12.1 Å². The Morgan fingerprint density at radius 1 is 0.944 bits per heavy atom. The van der Waals surface area contributed by atoms with E-state index in [-0.39, 0.29) is 23.3 Å². The number of benzene rings is 3. The average molecular weight is 542 g/mol. The number of thiocarbonyl (C=S) groups is 1. The van der Waals surface area contributed by atoms with Crippen LogP contribution in [0.4, 0.5) is 11.4 Å². The minimum absolute atomic E-state index is 0.130. The molecule has 3 aromatic carbocycles. The van der Waals surface area contributed by atoms with Crippen molar-refractivity contribution in [2.75, 3.05) is 17.3 Å². The van der Waals surface area contributed by atoms with Crippen LogP contribution in [0.2, 0.25) is 10.0 Å². The highest BCUT2D eigenvalue weighted by Gasteiger charge is 2.44. The van der Waals surface area contributed by atoms with Gasteiger partial charge in [0.2, 0.25) is 5.91 Å². The molecule has 1 heterocycles. The van der Waals surface area contributed by atoms with Gasteiger partial charge in [0.25, 0.3) is 5.91 Å². The summed E-state index contributed by atoms with van der Waals surface area (Å²) in [6, 6.07) is 19.4. The standard InChI is InChI=1S/C26H21Cl2N3O4S/c1-35-25(34)17-4-10-20(11-5-17)29-23(32)14-22-24(33)31(21-12-8-19(28)9-13-21)26(36)30(22)15-16-2-6-18(27)7-3-16/h2-13,22H,14-15H2,1H3,(H,29,32)/t22-/m1/s1. The Hall–Kier alpha value is -3.46. The largest absolute Gasteiger partial charge is 0.465 e. The third-order valence-electron chi connectivity index (χ3n) is 5.64. The molecule has 4 rings (SSSR count). The van der Waals surface area contributed by atoms with Crippen LogP contribution in [0.1, 0.15) is 22.3 Å². The van der Waals surface area contributed by atoms with Crippen LogP contribution in [0.5, 0.6) is 0 Å². The van der Waals surface area contributed by atoms with Crippen molar-refractivity contribution in [3.05, 3.63) is 94.0 Å². The van der Waals surface area contributed by atoms with E-state index in [1.165, 1.54) is 12.0 Å². The third kappa shape index (κ3) is 5.67. The molecule has 184 valence electrons. The van der Waals surface area contributed by atoms with E-state index in [4.69, 9.17) is 35.4 Å². The molecule has 0 radical (unpaired) electrons. The van der Waals surface area contributed by atoms with E-state index < -0.39 is 12.0 Å². The van der Waals surface area contributed by atoms with Crippen molar-refractivity contribution in [1.82, 2.24) is 4.90 Å². The predicted molar refractivity (Wildman–Crippen MR) is 143 cm³/mol. The summed E-state index contributed by atoms with van der Waals surface area (Å²) in [5, 5.41) is 4.19. The Labute approximate surface area is 223 Å². The van der Waals surface area contributed by atoms with Crippen molar-refractivity contribution in [1.29, 1.82) is 0 Å². The molecule has 1 fully saturated rings. The smallest absolute Gasteiger partial charge is 0.337 e. The minimum atomic E-state index is -0.821. The summed E-state index contributed by atoms with van der Waals surface area (Å²) in [6.45, 7) is 0.317. The molecule has 0 aliphatic carbocycles. The number of ether oxygens (including phenoxy) is 1. The summed E-state index contributed by atoms with van der Waals surface area (Å²) in [5.41, 5.74) is 2.30. The molecule has 1 aliphatic heterocycles. The third-order valence-corrected chi connectivity index (χ3v) is 6.56. The van der Waals surface area contributed by atoms with Crippen LogP contribution in [-0.4, -0.2) is 40.9 Å². The Morgan fingerprint density at radius 2 is 1.53 bits per heavy atom. The van der Waals surface area contributed by atoms with Gasteiger partial charge in [0.1, 0.15) is 6.04 Å². The summed E-state index contributed by atoms with van der Waals surface area (Å²) < 4.78 is 4.69. The van der Waals surface area contributed by atoms with E-state index >= 15 is 0 Å². The van der Waals surface area contributed by atoms with Gasteiger partial charge in [-0.25, -0.2) is 4.79 Å². The lowest BCUT2D eigenvalue weighted by atomic mass is 10.1. The summed E-state index contributed by atoms with van der Waals surface area (Å²) in [5.74, 6) is -1.16. The highest BCUT2D eigenvalue weighted by atomic mass is 35.5. The first-order valence-corrected chi connectivity index (χ1v) is 12.1. The van der Waals surface area contributed by atoms with Gasteiger partial charge in [-0.3, -0.25) is 14.5 Å². The second kappa shape index (κ2) is 11.1. The maximum Gasteiger partial charge on any atom is 0.337 e. The molecule has 0 spiro atoms. The Bertz CT molecular complexity index is 1300. The number of carbonyl (C=O) groups excluding carboxylic acids is 3. The van der Waals surface area contributed by atoms with E-state index in [9.17, 15) is 14.4 Å². The summed E-state index contributed by atoms with van der Waals surface area (Å²) in [4.78, 5) is 41.2. The minimum Gasteiger partial charge on any atom is -0.465 e. The van der Waals surface area contributed by atoms with Crippen LogP contribution in [0, 0.1) is 0 Å². The molecule has 2 amide bonds. The number of hydrogen-bond donors (Lipinski definition) is 1. The van der Waals surface area contributed by atoms with E-state index in [0.29, 0.717) is 33.5 Å². The van der Waals surface area contributed by atoms with Crippen LogP contribution in [-0.2, 0) is 20.9 Å². The summed E-state index contributed by atoms with van der Waals surface area (Å²) >= 11 is 17.7. The van der Waals surface area contributed by atoms with Crippen molar-refractivity contribution < 1.29 is 19.1 Å². The molecule has 1 aliphatic rings. The van der Waals surface area contributed by atoms with Crippen LogP contribution in [0.25, 0.3) is 0 Å². The molecule has 1 saturated heterocycles. The van der Waals surface area contributed by atoms with E-state index in [0.717, 1.165) is 5.56 Å². The highest BCUT2D eigenvalue weighted by molar-refractivity contribution is 7.80. The van der Waals surface area contributed by atoms with Gasteiger partial charge in [0.15, 0.2) is 5.11 Å². The molecule has 1 N–H and O–H groups in total. The van der Waals surface area contributed by atoms with Gasteiger partial charge in [-0.15, -0.1) is 0 Å². The molecule has 0 saturated carbocycles. The number of anilines is 2. The van der Waals surface area contributed by atoms with Gasteiger partial charge < -0.3 is 15.0 Å². The normalized spacial score (nSPS) is 15.2. The first-order valence-electron chi connectivity index (χ1n) is 10.9. The van der Waals surface area contributed by atoms with E-state index in [2.05, 4.69) is 10.1 Å². The fraction of sp³-hybridized carbons (Fsp3) is 0.154. The number of esters is 1. The average Bonchev–Trinajstić information content (AvgIpc) is 3.09. The van der Waals surface area contributed by atoms with Gasteiger partial charge in [-0.05, 0) is 78.4 Å². The van der Waals surface area contributed by atoms with Crippen molar-refractivity contribution in [3.8, 4) is 0 Å². The van der Waals surface area contributed by atoms with Crippen LogP contribution < -0.4 is 10.2 Å². The van der Waals surface area contributed by atoms with Gasteiger partial charge in [-0.1, -0.05) is 35.3 Å². The lowest BCUT2D eigenvalue weighted by molar-refractivity contribution is -0.124. The van der Waals surface area contributed by atoms with Gasteiger partial charge in [0, 0.05) is 22.3 Å². The topological polar surface area (TPSA) is 78.9 Å². The number of amides is 2. The Kier molecular flexibility index (Phi) is 7.88. The Balaban J connectivity index is 1.56. The first-order chi connectivity index (χ1) is 17.3. The molecular formula is C26H21Cl2N3O4S. The van der Waals surface area contributed by atoms with Gasteiger partial charge in [0.05, 0.1) is 24.8 Å². The molecule has 36 heavy (non-hydrogen) atoms. The second-order valence-corrected chi connectivity index (χ2v) is 9.26. The molecule has 0 bridgehead atoms. The number of hydrogen-bond acceptors (Lipinski definition) is 5. The quantitative estimate of drug-likeness (QED) is 0.322. The summed E-state index contributed by atoms with van der Waals surface area (Å²) in [6.07, 6.45) is -0.130. The molecule has 3 aromatic rings. The lowest BCUT2D eigenvalue weighted by Crippen LogP contribution is -2.37. The van der Waals surface area contributed by atoms with Crippen LogP contribution >= 0.6 is 35.4 Å². The van der Waals surface area contributed by atoms with E-state index in [1.54, 1.807) is 65.6 Å². The Morgan fingerprint density at radius 3 is 2.11 bits per heavy atom. The zero-order chi connectivity index (χ0) is 25.8. The maximum atomic E-state index is 13.5. The number of methoxy groups -OCH3 is 1. The fourth-order valence-corrected chi connectivity index (χ4v) is 4.46. The number of carbonyl (C=O) groups is 3. The maximum absolute atomic E-state index is 13.5. The molecule has 1 atom stereocenters. The number of nitrogens with one attached hydrogen (secondary N) is 1. The summed E-state index contributed by atoms with van der Waals surface area (Å²) in [7, 11) is 1.30. The molecule has 10 heteroatoms. The van der Waals surface area contributed by atoms with Crippen LogP contribution in [0.3, 0.4) is 0 Å². The van der Waals surface area contributed by atoms with Crippen molar-refractivity contribution in [3.63, 3.8) is 0 Å². The fourth-order valence-electron chi connectivity index (χ4n) is 3.82. The zero-order valence-corrected chi connectivity index (χ0v) is 21.4. The molecular weight excluding hydrogens is 521 g/mol. The van der Waals surface area contributed by atoms with Crippen LogP contribution in [0.15, 0.2) is 72.8 Å². The van der Waals surface area contributed by atoms with Crippen molar-refractivity contribution in [2.24, 2.45) is 0 Å². The zero-order valence-electron chi connectivity index (χ0n) is 19.1. The second-order valence-electron chi connectivity index (χ2n) is 8.02. The SMILES string of the molecule is COC(=O)c1ccc(NC(=O)C[C@@H]2C(=O)N(c3ccc(Cl)cc3)C(=S)N2Cc2ccc(Cl)cc2)cc1. The van der Waals surface area contributed by atoms with Crippen molar-refractivity contribution >= 4 is 69.7 Å². The molecule has 0 unspecified atom stereocenters. The first kappa shape index (κ1) is 25.6. The predicted octanol–water partition coefficient (Wildman–Crippen LogP) is 5.31. The van der Waals surface area contributed by atoms with Gasteiger partial charge >= 0.3 is 5.97 Å². The molecule has 7 nitrogen and oxygen atoms in total. The number of halogens is 2. The lowest BCUT2D eigenvalue weighted by Gasteiger charge is -2.24. The molecule has 0 aromatic heterocycles. The number of nitrogens with zero attached hydrogens (tertiary/aromatic N) is 2. The van der Waals surface area contributed by atoms with Crippen molar-refractivity contribution in [2.45, 2.75) is 19.0 Å². The highest BCUT2D eigenvalue weighted by Crippen LogP contribution is 2.30. The monoisotopic (exact) mass is 541 g/mol. The van der Waals surface area contributed by atoms with Gasteiger partial charge in [-0.2, -0.15) is 0 Å².